The monoisotopic (exact) mass is 376 g/mol. The lowest BCUT2D eigenvalue weighted by Crippen LogP contribution is -2.17. The molecule has 0 unspecified atom stereocenters. The molecule has 0 aliphatic carbocycles. The van der Waals surface area contributed by atoms with Crippen LogP contribution in [0.2, 0.25) is 0 Å². The Hall–Kier alpha value is -3.40. The molecule has 5 rings (SSSR count). The molecule has 142 valence electrons. The van der Waals surface area contributed by atoms with E-state index in [9.17, 15) is 0 Å². The number of imidazole rings is 1. The topological polar surface area (TPSA) is 104 Å². The Bertz CT molecular complexity index is 1090. The molecule has 0 amide bonds. The highest BCUT2D eigenvalue weighted by Crippen LogP contribution is 2.24. The summed E-state index contributed by atoms with van der Waals surface area (Å²) in [5, 5.41) is 20.7. The Kier molecular flexibility index (Phi) is 3.97. The van der Waals surface area contributed by atoms with Gasteiger partial charge in [0.25, 0.3) is 0 Å². The first kappa shape index (κ1) is 16.8. The molecule has 0 fully saturated rings. The summed E-state index contributed by atoms with van der Waals surface area (Å²) in [5.41, 5.74) is 3.09. The van der Waals surface area contributed by atoms with E-state index in [1.165, 1.54) is 0 Å². The predicted molar refractivity (Wildman–Crippen MR) is 102 cm³/mol. The largest absolute Gasteiger partial charge is 0.333 e. The first-order chi connectivity index (χ1) is 13.7. The molecule has 1 N–H and O–H groups in total. The molecule has 10 nitrogen and oxygen atoms in total. The maximum atomic E-state index is 4.83. The fourth-order valence-electron chi connectivity index (χ4n) is 3.28. The Balaban J connectivity index is 1.64. The Morgan fingerprint density at radius 3 is 2.75 bits per heavy atom. The molecule has 1 aliphatic rings. The first-order valence-electron chi connectivity index (χ1n) is 9.21. The van der Waals surface area contributed by atoms with Crippen LogP contribution in [-0.2, 0) is 20.0 Å². The van der Waals surface area contributed by atoms with Gasteiger partial charge in [-0.3, -0.25) is 4.68 Å². The van der Waals surface area contributed by atoms with E-state index in [2.05, 4.69) is 30.3 Å². The zero-order valence-electron chi connectivity index (χ0n) is 15.7. The minimum Gasteiger partial charge on any atom is -0.333 e. The third kappa shape index (κ3) is 2.97. The summed E-state index contributed by atoms with van der Waals surface area (Å²) >= 11 is 0. The van der Waals surface area contributed by atoms with E-state index < -0.39 is 0 Å². The molecule has 5 heterocycles. The van der Waals surface area contributed by atoms with Crippen molar-refractivity contribution in [3.05, 3.63) is 42.2 Å². The molecule has 0 radical (unpaired) electrons. The number of hydrogen-bond acceptors (Lipinski definition) is 7. The van der Waals surface area contributed by atoms with Gasteiger partial charge in [0.1, 0.15) is 22.9 Å². The van der Waals surface area contributed by atoms with Crippen molar-refractivity contribution >= 4 is 0 Å². The van der Waals surface area contributed by atoms with Gasteiger partial charge in [0.15, 0.2) is 5.82 Å². The number of aromatic nitrogens is 9. The lowest BCUT2D eigenvalue weighted by Gasteiger charge is -2.00. The van der Waals surface area contributed by atoms with Gasteiger partial charge in [-0.25, -0.2) is 14.6 Å². The van der Waals surface area contributed by atoms with Crippen LogP contribution in [0.25, 0.3) is 28.7 Å². The Morgan fingerprint density at radius 2 is 1.96 bits per heavy atom. The van der Waals surface area contributed by atoms with E-state index in [1.807, 2.05) is 38.5 Å². The number of rotatable bonds is 3. The smallest absolute Gasteiger partial charge is 0.202 e. The quantitative estimate of drug-likeness (QED) is 0.563. The lowest BCUT2D eigenvalue weighted by atomic mass is 10.3. The van der Waals surface area contributed by atoms with Gasteiger partial charge in [0.05, 0.1) is 18.1 Å². The van der Waals surface area contributed by atoms with Crippen LogP contribution in [0.3, 0.4) is 0 Å². The van der Waals surface area contributed by atoms with E-state index in [4.69, 9.17) is 9.97 Å². The molecular weight excluding hydrogens is 356 g/mol. The summed E-state index contributed by atoms with van der Waals surface area (Å²) in [6.07, 6.45) is 6.59. The van der Waals surface area contributed by atoms with Crippen molar-refractivity contribution in [1.82, 2.24) is 49.6 Å². The van der Waals surface area contributed by atoms with Gasteiger partial charge in [0, 0.05) is 39.3 Å². The van der Waals surface area contributed by atoms with Gasteiger partial charge in [-0.05, 0) is 19.1 Å². The van der Waals surface area contributed by atoms with Crippen LogP contribution in [-0.4, -0.2) is 57.4 Å². The summed E-state index contributed by atoms with van der Waals surface area (Å²) in [4.78, 5) is 9.59. The summed E-state index contributed by atoms with van der Waals surface area (Å²) < 4.78 is 5.69. The number of aryl methyl sites for hydroxylation is 2. The van der Waals surface area contributed by atoms with Gasteiger partial charge in [-0.2, -0.15) is 10.2 Å². The zero-order valence-corrected chi connectivity index (χ0v) is 15.7. The van der Waals surface area contributed by atoms with Crippen LogP contribution >= 0.6 is 0 Å². The third-order valence-electron chi connectivity index (χ3n) is 4.71. The van der Waals surface area contributed by atoms with Crippen LogP contribution in [0, 0.1) is 6.92 Å². The van der Waals surface area contributed by atoms with Crippen LogP contribution in [0.5, 0.6) is 0 Å². The normalized spacial score (nSPS) is 14.1. The summed E-state index contributed by atoms with van der Waals surface area (Å²) in [6.45, 7) is 4.65. The van der Waals surface area contributed by atoms with Crippen LogP contribution < -0.4 is 5.32 Å². The highest BCUT2D eigenvalue weighted by Gasteiger charge is 2.21. The summed E-state index contributed by atoms with van der Waals surface area (Å²) in [7, 11) is 1.87. The van der Waals surface area contributed by atoms with E-state index in [0.29, 0.717) is 17.3 Å². The Labute approximate surface area is 161 Å². The number of hydrogen-bond donors (Lipinski definition) is 1. The van der Waals surface area contributed by atoms with E-state index in [1.54, 1.807) is 15.6 Å². The van der Waals surface area contributed by atoms with E-state index in [-0.39, 0.29) is 0 Å². The molecule has 0 atom stereocenters. The van der Waals surface area contributed by atoms with Gasteiger partial charge in [0.2, 0.25) is 5.82 Å². The SMILES string of the molecule is Cc1ccc(-c2nc(-c3cn4c(n3)CCNCC4)n(-c3cnn(C)c3)n2)nn1. The molecule has 0 bridgehead atoms. The maximum Gasteiger partial charge on any atom is 0.202 e. The highest BCUT2D eigenvalue weighted by atomic mass is 15.4. The van der Waals surface area contributed by atoms with E-state index >= 15 is 0 Å². The van der Waals surface area contributed by atoms with Crippen molar-refractivity contribution in [2.45, 2.75) is 19.9 Å². The molecule has 0 saturated heterocycles. The molecule has 10 heteroatoms. The third-order valence-corrected chi connectivity index (χ3v) is 4.71. The average molecular weight is 376 g/mol. The van der Waals surface area contributed by atoms with Crippen molar-refractivity contribution < 1.29 is 0 Å². The number of nitrogens with zero attached hydrogens (tertiary/aromatic N) is 9. The van der Waals surface area contributed by atoms with Gasteiger partial charge >= 0.3 is 0 Å². The standard InChI is InChI=1S/C18H20N10/c1-12-3-4-14(24-23-12)17-22-18(28(25-17)13-9-20-26(2)10-13)15-11-27-8-7-19-6-5-16(27)21-15/h3-4,9-11,19H,5-8H2,1-2H3. The van der Waals surface area contributed by atoms with Crippen LogP contribution in [0.4, 0.5) is 0 Å². The number of fused-ring (bicyclic) bond motifs is 1. The lowest BCUT2D eigenvalue weighted by molar-refractivity contribution is 0.646. The minimum absolute atomic E-state index is 0.510. The van der Waals surface area contributed by atoms with Crippen molar-refractivity contribution in [3.8, 4) is 28.7 Å². The van der Waals surface area contributed by atoms with Crippen molar-refractivity contribution in [2.75, 3.05) is 13.1 Å². The fourth-order valence-corrected chi connectivity index (χ4v) is 3.28. The highest BCUT2D eigenvalue weighted by molar-refractivity contribution is 5.58. The molecule has 4 aromatic heterocycles. The fraction of sp³-hybridized carbons (Fsp3) is 0.333. The van der Waals surface area contributed by atoms with E-state index in [0.717, 1.165) is 49.0 Å². The minimum atomic E-state index is 0.510. The molecular formula is C18H20N10. The van der Waals surface area contributed by atoms with Crippen LogP contribution in [0.15, 0.2) is 30.7 Å². The second-order valence-electron chi connectivity index (χ2n) is 6.84. The van der Waals surface area contributed by atoms with Crippen molar-refractivity contribution in [1.29, 1.82) is 0 Å². The molecule has 4 aromatic rings. The molecule has 0 saturated carbocycles. The second-order valence-corrected chi connectivity index (χ2v) is 6.84. The molecule has 1 aliphatic heterocycles. The van der Waals surface area contributed by atoms with Crippen LogP contribution in [0.1, 0.15) is 11.5 Å². The average Bonchev–Trinajstić information content (AvgIpc) is 3.38. The molecule has 28 heavy (non-hydrogen) atoms. The second kappa shape index (κ2) is 6.64. The summed E-state index contributed by atoms with van der Waals surface area (Å²) in [6, 6.07) is 3.78. The summed E-state index contributed by atoms with van der Waals surface area (Å²) in [5.74, 6) is 2.23. The maximum absolute atomic E-state index is 4.83. The van der Waals surface area contributed by atoms with Crippen molar-refractivity contribution in [2.24, 2.45) is 7.05 Å². The first-order valence-corrected chi connectivity index (χ1v) is 9.21. The van der Waals surface area contributed by atoms with Gasteiger partial charge in [-0.15, -0.1) is 10.2 Å². The van der Waals surface area contributed by atoms with Gasteiger partial charge in [-0.1, -0.05) is 0 Å². The van der Waals surface area contributed by atoms with Crippen molar-refractivity contribution in [3.63, 3.8) is 0 Å². The predicted octanol–water partition coefficient (Wildman–Crippen LogP) is 0.775. The Morgan fingerprint density at radius 1 is 1.04 bits per heavy atom. The zero-order chi connectivity index (χ0) is 19.1. The molecule has 0 aromatic carbocycles. The number of nitrogens with one attached hydrogen (secondary N) is 1. The van der Waals surface area contributed by atoms with Gasteiger partial charge < -0.3 is 9.88 Å². The molecule has 0 spiro atoms.